The van der Waals surface area contributed by atoms with Crippen molar-refractivity contribution in [3.05, 3.63) is 42.0 Å². The van der Waals surface area contributed by atoms with E-state index in [1.807, 2.05) is 31.2 Å². The summed E-state index contributed by atoms with van der Waals surface area (Å²) in [6.45, 7) is 2.51. The molecule has 0 aliphatic carbocycles. The lowest BCUT2D eigenvalue weighted by Crippen LogP contribution is -2.08. The van der Waals surface area contributed by atoms with Crippen LogP contribution in [0.2, 0.25) is 0 Å². The highest BCUT2D eigenvalue weighted by molar-refractivity contribution is 5.53. The summed E-state index contributed by atoms with van der Waals surface area (Å²) in [5, 5.41) is 0. The van der Waals surface area contributed by atoms with Gasteiger partial charge in [-0.2, -0.15) is 0 Å². The van der Waals surface area contributed by atoms with Gasteiger partial charge in [0, 0.05) is 18.3 Å². The molecule has 0 bridgehead atoms. The van der Waals surface area contributed by atoms with Gasteiger partial charge in [0.05, 0.1) is 11.4 Å². The molecule has 0 unspecified atom stereocenters. The van der Waals surface area contributed by atoms with Gasteiger partial charge in [-0.05, 0) is 31.7 Å². The molecule has 2 rings (SSSR count). The van der Waals surface area contributed by atoms with E-state index in [1.54, 1.807) is 6.20 Å². The number of hydrogen-bond acceptors (Lipinski definition) is 4. The van der Waals surface area contributed by atoms with Crippen LogP contribution in [0.5, 0.6) is 0 Å². The van der Waals surface area contributed by atoms with Gasteiger partial charge in [-0.1, -0.05) is 6.07 Å². The van der Waals surface area contributed by atoms with Gasteiger partial charge < -0.3 is 5.73 Å². The molecule has 16 heavy (non-hydrogen) atoms. The highest BCUT2D eigenvalue weighted by Gasteiger charge is 2.04. The molecule has 2 N–H and O–H groups in total. The van der Waals surface area contributed by atoms with Gasteiger partial charge in [-0.3, -0.25) is 4.98 Å². The third kappa shape index (κ3) is 2.41. The first-order valence-electron chi connectivity index (χ1n) is 5.25. The largest absolute Gasteiger partial charge is 0.330 e. The van der Waals surface area contributed by atoms with E-state index in [2.05, 4.69) is 15.0 Å². The van der Waals surface area contributed by atoms with Crippen molar-refractivity contribution in [2.75, 3.05) is 6.54 Å². The standard InChI is InChI=1S/C12H14N4/c1-9-8-11(10-4-2-3-7-14-10)16-12(15-9)5-6-13/h2-4,7-8H,5-6,13H2,1H3. The average Bonchev–Trinajstić information content (AvgIpc) is 2.30. The molecule has 2 heterocycles. The summed E-state index contributed by atoms with van der Waals surface area (Å²) in [6, 6.07) is 7.71. The van der Waals surface area contributed by atoms with Gasteiger partial charge in [-0.25, -0.2) is 9.97 Å². The van der Waals surface area contributed by atoms with Crippen LogP contribution < -0.4 is 5.73 Å². The van der Waals surface area contributed by atoms with Gasteiger partial charge in [-0.15, -0.1) is 0 Å². The zero-order chi connectivity index (χ0) is 11.4. The lowest BCUT2D eigenvalue weighted by Gasteiger charge is -2.04. The van der Waals surface area contributed by atoms with Crippen molar-refractivity contribution < 1.29 is 0 Å². The lowest BCUT2D eigenvalue weighted by molar-refractivity contribution is 0.857. The smallest absolute Gasteiger partial charge is 0.130 e. The predicted molar refractivity (Wildman–Crippen MR) is 62.8 cm³/mol. The molecule has 0 saturated heterocycles. The summed E-state index contributed by atoms with van der Waals surface area (Å²) in [5.74, 6) is 0.781. The molecular weight excluding hydrogens is 200 g/mol. The maximum absolute atomic E-state index is 5.50. The first-order chi connectivity index (χ1) is 7.79. The second kappa shape index (κ2) is 4.81. The molecule has 4 nitrogen and oxygen atoms in total. The van der Waals surface area contributed by atoms with Crippen LogP contribution in [0.3, 0.4) is 0 Å². The number of pyridine rings is 1. The van der Waals surface area contributed by atoms with Crippen LogP contribution in [0, 0.1) is 6.92 Å². The van der Waals surface area contributed by atoms with Crippen LogP contribution in [0.4, 0.5) is 0 Å². The van der Waals surface area contributed by atoms with Crippen molar-refractivity contribution in [2.24, 2.45) is 5.73 Å². The van der Waals surface area contributed by atoms with Gasteiger partial charge in [0.1, 0.15) is 5.82 Å². The monoisotopic (exact) mass is 214 g/mol. The highest BCUT2D eigenvalue weighted by Crippen LogP contribution is 2.14. The van der Waals surface area contributed by atoms with E-state index in [-0.39, 0.29) is 0 Å². The number of aromatic nitrogens is 3. The Morgan fingerprint density at radius 1 is 1.19 bits per heavy atom. The number of aryl methyl sites for hydroxylation is 1. The van der Waals surface area contributed by atoms with E-state index < -0.39 is 0 Å². The van der Waals surface area contributed by atoms with E-state index in [0.717, 1.165) is 22.9 Å². The van der Waals surface area contributed by atoms with Crippen molar-refractivity contribution in [3.63, 3.8) is 0 Å². The number of rotatable bonds is 3. The summed E-state index contributed by atoms with van der Waals surface area (Å²) in [4.78, 5) is 13.0. The summed E-state index contributed by atoms with van der Waals surface area (Å²) in [7, 11) is 0. The van der Waals surface area contributed by atoms with E-state index >= 15 is 0 Å². The van der Waals surface area contributed by atoms with Gasteiger partial charge in [0.15, 0.2) is 0 Å². The molecule has 4 heteroatoms. The summed E-state index contributed by atoms with van der Waals surface area (Å²) < 4.78 is 0. The van der Waals surface area contributed by atoms with Crippen molar-refractivity contribution >= 4 is 0 Å². The number of hydrogen-bond donors (Lipinski definition) is 1. The molecule has 0 atom stereocenters. The van der Waals surface area contributed by atoms with E-state index in [1.165, 1.54) is 0 Å². The number of nitrogens with zero attached hydrogens (tertiary/aromatic N) is 3. The highest BCUT2D eigenvalue weighted by atomic mass is 14.9. The minimum absolute atomic E-state index is 0.561. The normalized spacial score (nSPS) is 10.4. The third-order valence-electron chi connectivity index (χ3n) is 2.20. The Hall–Kier alpha value is -1.81. The minimum Gasteiger partial charge on any atom is -0.330 e. The third-order valence-corrected chi connectivity index (χ3v) is 2.20. The van der Waals surface area contributed by atoms with E-state index in [4.69, 9.17) is 5.73 Å². The quantitative estimate of drug-likeness (QED) is 0.837. The molecule has 0 aliphatic rings. The minimum atomic E-state index is 0.561. The first kappa shape index (κ1) is 10.7. The number of nitrogens with two attached hydrogens (primary N) is 1. The topological polar surface area (TPSA) is 64.7 Å². The second-order valence-electron chi connectivity index (χ2n) is 3.56. The van der Waals surface area contributed by atoms with Crippen LogP contribution in [0.1, 0.15) is 11.5 Å². The summed E-state index contributed by atoms with van der Waals surface area (Å²) in [6.07, 6.45) is 2.46. The second-order valence-corrected chi connectivity index (χ2v) is 3.56. The average molecular weight is 214 g/mol. The van der Waals surface area contributed by atoms with Gasteiger partial charge in [0.25, 0.3) is 0 Å². The summed E-state index contributed by atoms with van der Waals surface area (Å²) in [5.41, 5.74) is 8.17. The van der Waals surface area contributed by atoms with E-state index in [0.29, 0.717) is 13.0 Å². The Bertz CT molecular complexity index is 468. The van der Waals surface area contributed by atoms with Gasteiger partial charge in [0.2, 0.25) is 0 Å². The van der Waals surface area contributed by atoms with Crippen molar-refractivity contribution in [1.82, 2.24) is 15.0 Å². The molecule has 0 saturated carbocycles. The fourth-order valence-corrected chi connectivity index (χ4v) is 1.52. The Morgan fingerprint density at radius 3 is 2.75 bits per heavy atom. The molecule has 2 aromatic rings. The van der Waals surface area contributed by atoms with E-state index in [9.17, 15) is 0 Å². The van der Waals surface area contributed by atoms with Crippen LogP contribution >= 0.6 is 0 Å². The maximum Gasteiger partial charge on any atom is 0.130 e. The molecular formula is C12H14N4. The van der Waals surface area contributed by atoms with Crippen LogP contribution in [-0.2, 0) is 6.42 Å². The van der Waals surface area contributed by atoms with Crippen molar-refractivity contribution in [3.8, 4) is 11.4 Å². The Labute approximate surface area is 94.6 Å². The molecule has 0 fully saturated rings. The van der Waals surface area contributed by atoms with Crippen molar-refractivity contribution in [1.29, 1.82) is 0 Å². The SMILES string of the molecule is Cc1cc(-c2ccccn2)nc(CCN)n1. The van der Waals surface area contributed by atoms with Crippen LogP contribution in [-0.4, -0.2) is 21.5 Å². The molecule has 0 amide bonds. The Morgan fingerprint density at radius 2 is 2.06 bits per heavy atom. The van der Waals surface area contributed by atoms with Crippen LogP contribution in [0.15, 0.2) is 30.5 Å². The molecule has 2 aromatic heterocycles. The zero-order valence-corrected chi connectivity index (χ0v) is 9.22. The fraction of sp³-hybridized carbons (Fsp3) is 0.250. The Balaban J connectivity index is 2.41. The first-order valence-corrected chi connectivity index (χ1v) is 5.25. The molecule has 0 aromatic carbocycles. The lowest BCUT2D eigenvalue weighted by atomic mass is 10.2. The summed E-state index contributed by atoms with van der Waals surface area (Å²) >= 11 is 0. The maximum atomic E-state index is 5.50. The molecule has 0 radical (unpaired) electrons. The Kier molecular flexibility index (Phi) is 3.22. The van der Waals surface area contributed by atoms with Gasteiger partial charge >= 0.3 is 0 Å². The predicted octanol–water partition coefficient (Wildman–Crippen LogP) is 1.35. The molecule has 0 aliphatic heterocycles. The van der Waals surface area contributed by atoms with Crippen molar-refractivity contribution in [2.45, 2.75) is 13.3 Å². The van der Waals surface area contributed by atoms with Crippen LogP contribution in [0.25, 0.3) is 11.4 Å². The molecule has 0 spiro atoms. The zero-order valence-electron chi connectivity index (χ0n) is 9.22. The molecule has 82 valence electrons. The fourth-order valence-electron chi connectivity index (χ4n) is 1.52.